The largest absolute Gasteiger partial charge is 0.310 e. The van der Waals surface area contributed by atoms with Gasteiger partial charge in [0.05, 0.1) is 17.3 Å². The Morgan fingerprint density at radius 3 is 2.55 bits per heavy atom. The fourth-order valence-electron chi connectivity index (χ4n) is 3.40. The van der Waals surface area contributed by atoms with Crippen LogP contribution >= 0.6 is 15.9 Å². The summed E-state index contributed by atoms with van der Waals surface area (Å²) in [5.41, 5.74) is 1.34. The first-order valence-corrected chi connectivity index (χ1v) is 10.8. The molecule has 0 radical (unpaired) electrons. The van der Waals surface area contributed by atoms with E-state index in [4.69, 9.17) is 0 Å². The highest BCUT2D eigenvalue weighted by Crippen LogP contribution is 2.32. The summed E-state index contributed by atoms with van der Waals surface area (Å²) in [7, 11) is 0. The zero-order chi connectivity index (χ0) is 22.2. The second kappa shape index (κ2) is 8.22. The van der Waals surface area contributed by atoms with Gasteiger partial charge < -0.3 is 10.2 Å². The Hall–Kier alpha value is -3.07. The Morgan fingerprint density at radius 2 is 1.87 bits per heavy atom. The standard InChI is InChI=1S/C22H23BrN6O2/c1-22(2,3)17-12-18(29(27-17)21-24-9-6-10-25-21)26-20(31)14-11-19(30)28(13-14)16-8-5-4-7-15(16)23/h4-10,12,14H,11,13H2,1-3H3,(H,26,31). The summed E-state index contributed by atoms with van der Waals surface area (Å²) in [5.74, 6) is 0.0547. The van der Waals surface area contributed by atoms with Crippen molar-refractivity contribution in [2.24, 2.45) is 5.92 Å². The fraction of sp³-hybridized carbons (Fsp3) is 0.318. The molecule has 1 aromatic carbocycles. The average Bonchev–Trinajstić information content (AvgIpc) is 3.33. The fourth-order valence-corrected chi connectivity index (χ4v) is 3.90. The highest BCUT2D eigenvalue weighted by Gasteiger charge is 2.36. The van der Waals surface area contributed by atoms with Gasteiger partial charge in [0.2, 0.25) is 11.8 Å². The van der Waals surface area contributed by atoms with Crippen molar-refractivity contribution in [2.45, 2.75) is 32.6 Å². The number of amides is 2. The summed E-state index contributed by atoms with van der Waals surface area (Å²) in [6.07, 6.45) is 3.39. The number of nitrogens with zero attached hydrogens (tertiary/aromatic N) is 5. The second-order valence-corrected chi connectivity index (χ2v) is 9.33. The molecule has 9 heteroatoms. The van der Waals surface area contributed by atoms with E-state index in [1.54, 1.807) is 23.4 Å². The van der Waals surface area contributed by atoms with Gasteiger partial charge in [0.25, 0.3) is 5.95 Å². The molecule has 1 aliphatic rings. The lowest BCUT2D eigenvalue weighted by Gasteiger charge is -2.18. The van der Waals surface area contributed by atoms with Crippen molar-refractivity contribution in [3.63, 3.8) is 0 Å². The van der Waals surface area contributed by atoms with Crippen LogP contribution in [0.2, 0.25) is 0 Å². The first-order valence-electron chi connectivity index (χ1n) is 9.98. The Balaban J connectivity index is 1.58. The molecule has 3 aromatic rings. The van der Waals surface area contributed by atoms with Gasteiger partial charge in [0, 0.05) is 41.3 Å². The van der Waals surface area contributed by atoms with Crippen LogP contribution < -0.4 is 10.2 Å². The number of anilines is 2. The Labute approximate surface area is 188 Å². The number of para-hydroxylation sites is 1. The third kappa shape index (κ3) is 4.36. The normalized spacial score (nSPS) is 16.6. The van der Waals surface area contributed by atoms with Crippen LogP contribution in [0.3, 0.4) is 0 Å². The number of nitrogens with one attached hydrogen (secondary N) is 1. The predicted octanol–water partition coefficient (Wildman–Crippen LogP) is 3.71. The SMILES string of the molecule is CC(C)(C)c1cc(NC(=O)C2CC(=O)N(c3ccccc3Br)C2)n(-c2ncccn2)n1. The van der Waals surface area contributed by atoms with E-state index in [9.17, 15) is 9.59 Å². The highest BCUT2D eigenvalue weighted by molar-refractivity contribution is 9.10. The van der Waals surface area contributed by atoms with Gasteiger partial charge in [-0.3, -0.25) is 9.59 Å². The first kappa shape index (κ1) is 21.2. The van der Waals surface area contributed by atoms with Crippen LogP contribution in [-0.2, 0) is 15.0 Å². The highest BCUT2D eigenvalue weighted by atomic mass is 79.9. The number of hydrogen-bond acceptors (Lipinski definition) is 5. The third-order valence-corrected chi connectivity index (χ3v) is 5.78. The van der Waals surface area contributed by atoms with Gasteiger partial charge in [-0.15, -0.1) is 0 Å². The monoisotopic (exact) mass is 482 g/mol. The molecule has 3 heterocycles. The van der Waals surface area contributed by atoms with Crippen molar-refractivity contribution < 1.29 is 9.59 Å². The maximum atomic E-state index is 13.1. The van der Waals surface area contributed by atoms with Crippen LogP contribution in [-0.4, -0.2) is 38.1 Å². The summed E-state index contributed by atoms with van der Waals surface area (Å²) in [6.45, 7) is 6.45. The molecule has 4 rings (SSSR count). The van der Waals surface area contributed by atoms with E-state index >= 15 is 0 Å². The van der Waals surface area contributed by atoms with Gasteiger partial charge in [-0.1, -0.05) is 32.9 Å². The zero-order valence-electron chi connectivity index (χ0n) is 17.5. The zero-order valence-corrected chi connectivity index (χ0v) is 19.1. The Bertz CT molecular complexity index is 1120. The minimum Gasteiger partial charge on any atom is -0.310 e. The second-order valence-electron chi connectivity index (χ2n) is 8.47. The number of halogens is 1. The van der Waals surface area contributed by atoms with Gasteiger partial charge in [-0.05, 0) is 34.1 Å². The van der Waals surface area contributed by atoms with Crippen molar-refractivity contribution in [2.75, 3.05) is 16.8 Å². The summed E-state index contributed by atoms with van der Waals surface area (Å²) >= 11 is 3.48. The van der Waals surface area contributed by atoms with E-state index in [1.165, 1.54) is 4.68 Å². The molecule has 1 unspecified atom stereocenters. The van der Waals surface area contributed by atoms with Gasteiger partial charge in [-0.2, -0.15) is 9.78 Å². The molecule has 0 bridgehead atoms. The van der Waals surface area contributed by atoms with Gasteiger partial charge in [-0.25, -0.2) is 9.97 Å². The average molecular weight is 483 g/mol. The lowest BCUT2D eigenvalue weighted by Crippen LogP contribution is -2.29. The summed E-state index contributed by atoms with van der Waals surface area (Å²) in [5, 5.41) is 7.56. The number of hydrogen-bond donors (Lipinski definition) is 1. The quantitative estimate of drug-likeness (QED) is 0.611. The van der Waals surface area contributed by atoms with Crippen molar-refractivity contribution >= 4 is 39.2 Å². The molecule has 0 spiro atoms. The number of rotatable bonds is 4. The summed E-state index contributed by atoms with van der Waals surface area (Å²) < 4.78 is 2.35. The van der Waals surface area contributed by atoms with E-state index in [0.717, 1.165) is 15.9 Å². The molecule has 0 saturated carbocycles. The smallest absolute Gasteiger partial charge is 0.252 e. The van der Waals surface area contributed by atoms with Crippen LogP contribution in [0.25, 0.3) is 5.95 Å². The molecule has 0 aliphatic carbocycles. The number of benzene rings is 1. The summed E-state index contributed by atoms with van der Waals surface area (Å²) in [4.78, 5) is 35.8. The molecule has 8 nitrogen and oxygen atoms in total. The molecule has 160 valence electrons. The topological polar surface area (TPSA) is 93.0 Å². The lowest BCUT2D eigenvalue weighted by molar-refractivity contribution is -0.122. The maximum Gasteiger partial charge on any atom is 0.252 e. The maximum absolute atomic E-state index is 13.1. The Morgan fingerprint density at radius 1 is 1.16 bits per heavy atom. The van der Waals surface area contributed by atoms with Crippen LogP contribution in [0.5, 0.6) is 0 Å². The molecular weight excluding hydrogens is 460 g/mol. The molecule has 1 N–H and O–H groups in total. The van der Waals surface area contributed by atoms with E-state index in [1.807, 2.05) is 51.1 Å². The van der Waals surface area contributed by atoms with E-state index < -0.39 is 5.92 Å². The van der Waals surface area contributed by atoms with Gasteiger partial charge in [0.15, 0.2) is 0 Å². The number of aromatic nitrogens is 4. The van der Waals surface area contributed by atoms with Gasteiger partial charge in [0.1, 0.15) is 5.82 Å². The van der Waals surface area contributed by atoms with E-state index in [2.05, 4.69) is 36.3 Å². The predicted molar refractivity (Wildman–Crippen MR) is 121 cm³/mol. The molecular formula is C22H23BrN6O2. The Kier molecular flexibility index (Phi) is 5.62. The van der Waals surface area contributed by atoms with Crippen molar-refractivity contribution in [1.29, 1.82) is 0 Å². The molecule has 2 amide bonds. The van der Waals surface area contributed by atoms with E-state index in [0.29, 0.717) is 18.3 Å². The minimum absolute atomic E-state index is 0.0812. The van der Waals surface area contributed by atoms with Crippen LogP contribution in [0.15, 0.2) is 53.3 Å². The molecule has 1 saturated heterocycles. The molecule has 1 atom stereocenters. The van der Waals surface area contributed by atoms with Crippen molar-refractivity contribution in [1.82, 2.24) is 19.7 Å². The minimum atomic E-state index is -0.474. The molecule has 2 aromatic heterocycles. The number of carbonyl (C=O) groups excluding carboxylic acids is 2. The molecule has 1 aliphatic heterocycles. The molecule has 1 fully saturated rings. The first-order chi connectivity index (χ1) is 14.7. The van der Waals surface area contributed by atoms with Crippen LogP contribution in [0, 0.1) is 5.92 Å². The van der Waals surface area contributed by atoms with Crippen molar-refractivity contribution in [3.8, 4) is 5.95 Å². The van der Waals surface area contributed by atoms with Crippen molar-refractivity contribution in [3.05, 3.63) is 59.0 Å². The lowest BCUT2D eigenvalue weighted by atomic mass is 9.92. The van der Waals surface area contributed by atoms with Crippen LogP contribution in [0.1, 0.15) is 32.9 Å². The molecule has 31 heavy (non-hydrogen) atoms. The number of carbonyl (C=O) groups is 2. The van der Waals surface area contributed by atoms with Crippen LogP contribution in [0.4, 0.5) is 11.5 Å². The van der Waals surface area contributed by atoms with Gasteiger partial charge >= 0.3 is 0 Å². The summed E-state index contributed by atoms with van der Waals surface area (Å²) in [6, 6.07) is 11.0. The third-order valence-electron chi connectivity index (χ3n) is 5.11. The van der Waals surface area contributed by atoms with E-state index in [-0.39, 0.29) is 23.7 Å².